The molecule has 1 N–H and O–H groups in total. The van der Waals surface area contributed by atoms with Gasteiger partial charge in [-0.15, -0.1) is 0 Å². The quantitative estimate of drug-likeness (QED) is 0.463. The van der Waals surface area contributed by atoms with E-state index in [1.165, 1.54) is 21.9 Å². The van der Waals surface area contributed by atoms with Gasteiger partial charge in [-0.25, -0.2) is 0 Å². The number of fused-ring (bicyclic) bond motifs is 1. The van der Waals surface area contributed by atoms with Crippen LogP contribution in [-0.4, -0.2) is 0 Å². The van der Waals surface area contributed by atoms with E-state index in [4.69, 9.17) is 4.74 Å². The maximum Gasteiger partial charge on any atom is 0.119 e. The van der Waals surface area contributed by atoms with Crippen LogP contribution in [0.25, 0.3) is 10.8 Å². The monoisotopic (exact) mass is 339 g/mol. The summed E-state index contributed by atoms with van der Waals surface area (Å²) in [5, 5.41) is 5.91. The van der Waals surface area contributed by atoms with Crippen LogP contribution in [0.3, 0.4) is 0 Å². The minimum atomic E-state index is 0.572. The van der Waals surface area contributed by atoms with Crippen LogP contribution in [0, 0.1) is 0 Å². The van der Waals surface area contributed by atoms with Crippen LogP contribution in [-0.2, 0) is 13.2 Å². The zero-order chi connectivity index (χ0) is 17.6. The highest BCUT2D eigenvalue weighted by atomic mass is 16.5. The van der Waals surface area contributed by atoms with Crippen LogP contribution in [0.4, 0.5) is 5.69 Å². The van der Waals surface area contributed by atoms with Gasteiger partial charge in [-0.1, -0.05) is 72.8 Å². The Morgan fingerprint density at radius 2 is 1.38 bits per heavy atom. The molecule has 128 valence electrons. The van der Waals surface area contributed by atoms with Gasteiger partial charge in [-0.05, 0) is 46.2 Å². The minimum absolute atomic E-state index is 0.572. The maximum atomic E-state index is 6.00. The fourth-order valence-electron chi connectivity index (χ4n) is 3.04. The Morgan fingerprint density at radius 3 is 2.23 bits per heavy atom. The standard InChI is InChI=1S/C24H21NO/c1-2-10-22(11-3-1)25-17-19-13-15-23(16-14-19)26-18-21-9-6-8-20-7-4-5-12-24(20)21/h1-16,25H,17-18H2. The van der Waals surface area contributed by atoms with E-state index in [2.05, 4.69) is 72.0 Å². The molecule has 4 aromatic rings. The van der Waals surface area contributed by atoms with E-state index in [9.17, 15) is 0 Å². The number of hydrogen-bond acceptors (Lipinski definition) is 2. The number of para-hydroxylation sites is 1. The lowest BCUT2D eigenvalue weighted by molar-refractivity contribution is 0.307. The molecule has 26 heavy (non-hydrogen) atoms. The van der Waals surface area contributed by atoms with E-state index >= 15 is 0 Å². The van der Waals surface area contributed by atoms with Crippen molar-refractivity contribution >= 4 is 16.5 Å². The Kier molecular flexibility index (Phi) is 4.83. The van der Waals surface area contributed by atoms with Crippen LogP contribution >= 0.6 is 0 Å². The summed E-state index contributed by atoms with van der Waals surface area (Å²) in [5.74, 6) is 0.890. The maximum absolute atomic E-state index is 6.00. The molecule has 0 atom stereocenters. The molecule has 0 aliphatic heterocycles. The van der Waals surface area contributed by atoms with Crippen molar-refractivity contribution < 1.29 is 4.74 Å². The molecule has 0 heterocycles. The molecule has 0 aliphatic rings. The van der Waals surface area contributed by atoms with Gasteiger partial charge < -0.3 is 10.1 Å². The van der Waals surface area contributed by atoms with Crippen LogP contribution in [0.1, 0.15) is 11.1 Å². The van der Waals surface area contributed by atoms with Gasteiger partial charge in [0, 0.05) is 12.2 Å². The van der Waals surface area contributed by atoms with Crippen LogP contribution in [0.15, 0.2) is 97.1 Å². The van der Waals surface area contributed by atoms with E-state index in [0.29, 0.717) is 6.61 Å². The second-order valence-corrected chi connectivity index (χ2v) is 6.29. The number of nitrogens with one attached hydrogen (secondary N) is 1. The molecule has 0 amide bonds. The zero-order valence-corrected chi connectivity index (χ0v) is 14.6. The summed E-state index contributed by atoms with van der Waals surface area (Å²) in [7, 11) is 0. The van der Waals surface area contributed by atoms with Gasteiger partial charge in [-0.2, -0.15) is 0 Å². The van der Waals surface area contributed by atoms with Crippen molar-refractivity contribution in [2.75, 3.05) is 5.32 Å². The third-order valence-corrected chi connectivity index (χ3v) is 4.47. The summed E-state index contributed by atoms with van der Waals surface area (Å²) in [6, 6.07) is 33.3. The molecular formula is C24H21NO. The third-order valence-electron chi connectivity index (χ3n) is 4.47. The zero-order valence-electron chi connectivity index (χ0n) is 14.6. The van der Waals surface area contributed by atoms with E-state index in [0.717, 1.165) is 18.0 Å². The molecule has 0 bridgehead atoms. The van der Waals surface area contributed by atoms with Gasteiger partial charge in [0.1, 0.15) is 12.4 Å². The number of hydrogen-bond donors (Lipinski definition) is 1. The van der Waals surface area contributed by atoms with Crippen molar-refractivity contribution in [2.45, 2.75) is 13.2 Å². The first-order chi connectivity index (χ1) is 12.9. The minimum Gasteiger partial charge on any atom is -0.489 e. The number of ether oxygens (including phenoxy) is 1. The fraction of sp³-hybridized carbons (Fsp3) is 0.0833. The molecular weight excluding hydrogens is 318 g/mol. The lowest BCUT2D eigenvalue weighted by Crippen LogP contribution is -2.00. The lowest BCUT2D eigenvalue weighted by atomic mass is 10.1. The number of rotatable bonds is 6. The molecule has 0 fully saturated rings. The molecule has 0 unspecified atom stereocenters. The normalized spacial score (nSPS) is 10.6. The largest absolute Gasteiger partial charge is 0.489 e. The van der Waals surface area contributed by atoms with Crippen LogP contribution in [0.5, 0.6) is 5.75 Å². The highest BCUT2D eigenvalue weighted by Crippen LogP contribution is 2.21. The first-order valence-electron chi connectivity index (χ1n) is 8.86. The Labute approximate surface area is 154 Å². The van der Waals surface area contributed by atoms with E-state index in [-0.39, 0.29) is 0 Å². The van der Waals surface area contributed by atoms with Gasteiger partial charge in [0.15, 0.2) is 0 Å². The molecule has 0 aliphatic carbocycles. The first kappa shape index (κ1) is 16.2. The highest BCUT2D eigenvalue weighted by molar-refractivity contribution is 5.85. The molecule has 0 radical (unpaired) electrons. The Morgan fingerprint density at radius 1 is 0.654 bits per heavy atom. The van der Waals surface area contributed by atoms with Crippen molar-refractivity contribution in [1.82, 2.24) is 0 Å². The van der Waals surface area contributed by atoms with Gasteiger partial charge in [0.25, 0.3) is 0 Å². The predicted molar refractivity (Wildman–Crippen MR) is 108 cm³/mol. The van der Waals surface area contributed by atoms with Crippen molar-refractivity contribution in [3.05, 3.63) is 108 Å². The van der Waals surface area contributed by atoms with Gasteiger partial charge >= 0.3 is 0 Å². The molecule has 0 aromatic heterocycles. The Hall–Kier alpha value is -3.26. The van der Waals surface area contributed by atoms with Gasteiger partial charge in [0.2, 0.25) is 0 Å². The first-order valence-corrected chi connectivity index (χ1v) is 8.86. The molecule has 0 saturated heterocycles. The van der Waals surface area contributed by atoms with Crippen LogP contribution in [0.2, 0.25) is 0 Å². The van der Waals surface area contributed by atoms with Crippen molar-refractivity contribution in [3.8, 4) is 5.75 Å². The fourth-order valence-corrected chi connectivity index (χ4v) is 3.04. The van der Waals surface area contributed by atoms with E-state index in [1.54, 1.807) is 0 Å². The molecule has 4 aromatic carbocycles. The highest BCUT2D eigenvalue weighted by Gasteiger charge is 2.02. The summed E-state index contributed by atoms with van der Waals surface area (Å²) in [6.45, 7) is 1.37. The summed E-state index contributed by atoms with van der Waals surface area (Å²) in [6.07, 6.45) is 0. The summed E-state index contributed by atoms with van der Waals surface area (Å²) in [5.41, 5.74) is 3.56. The van der Waals surface area contributed by atoms with Crippen LogP contribution < -0.4 is 10.1 Å². The number of benzene rings is 4. The van der Waals surface area contributed by atoms with Gasteiger partial charge in [-0.3, -0.25) is 0 Å². The summed E-state index contributed by atoms with van der Waals surface area (Å²) in [4.78, 5) is 0. The second kappa shape index (κ2) is 7.75. The smallest absolute Gasteiger partial charge is 0.119 e. The number of anilines is 1. The SMILES string of the molecule is c1ccc(NCc2ccc(OCc3cccc4ccccc34)cc2)cc1. The summed E-state index contributed by atoms with van der Waals surface area (Å²) >= 11 is 0. The Balaban J connectivity index is 1.38. The summed E-state index contributed by atoms with van der Waals surface area (Å²) < 4.78 is 6.00. The average Bonchev–Trinajstić information content (AvgIpc) is 2.72. The van der Waals surface area contributed by atoms with E-state index in [1.807, 2.05) is 30.3 Å². The topological polar surface area (TPSA) is 21.3 Å². The lowest BCUT2D eigenvalue weighted by Gasteiger charge is -2.10. The predicted octanol–water partition coefficient (Wildman–Crippen LogP) is 6.03. The third kappa shape index (κ3) is 3.86. The van der Waals surface area contributed by atoms with Crippen molar-refractivity contribution in [3.63, 3.8) is 0 Å². The molecule has 2 heteroatoms. The molecule has 0 saturated carbocycles. The van der Waals surface area contributed by atoms with Gasteiger partial charge in [0.05, 0.1) is 0 Å². The second-order valence-electron chi connectivity index (χ2n) is 6.29. The Bertz CT molecular complexity index is 972. The van der Waals surface area contributed by atoms with E-state index < -0.39 is 0 Å². The molecule has 0 spiro atoms. The van der Waals surface area contributed by atoms with Crippen molar-refractivity contribution in [1.29, 1.82) is 0 Å². The van der Waals surface area contributed by atoms with Crippen molar-refractivity contribution in [2.24, 2.45) is 0 Å². The average molecular weight is 339 g/mol. The molecule has 4 rings (SSSR count). The molecule has 2 nitrogen and oxygen atoms in total.